The van der Waals surface area contributed by atoms with Crippen molar-refractivity contribution >= 4 is 32.8 Å². The molecule has 0 radical (unpaired) electrons. The van der Waals surface area contributed by atoms with Crippen LogP contribution in [0.25, 0.3) is 0 Å². The van der Waals surface area contributed by atoms with Crippen molar-refractivity contribution in [3.05, 3.63) is 24.3 Å². The lowest BCUT2D eigenvalue weighted by Gasteiger charge is -2.02. The number of H-pyrrole nitrogens is 1. The Morgan fingerprint density at radius 3 is 2.67 bits per heavy atom. The highest BCUT2D eigenvalue weighted by Crippen LogP contribution is 2.28. The molecule has 2 rings (SSSR count). The maximum atomic E-state index is 11.8. The molecule has 2 aromatic rings. The largest absolute Gasteiger partial charge is 0.395 e. The lowest BCUT2D eigenvalue weighted by atomic mass is 10.3. The van der Waals surface area contributed by atoms with E-state index in [1.54, 1.807) is 6.07 Å². The first-order chi connectivity index (χ1) is 9.94. The number of anilines is 2. The van der Waals surface area contributed by atoms with Crippen LogP contribution in [0.15, 0.2) is 39.4 Å². The summed E-state index contributed by atoms with van der Waals surface area (Å²) in [5.74, 6) is -0.0875. The normalized spacial score (nSPS) is 12.0. The Morgan fingerprint density at radius 1 is 1.29 bits per heavy atom. The summed E-state index contributed by atoms with van der Waals surface area (Å²) in [6.45, 7) is -0.448. The van der Waals surface area contributed by atoms with Crippen LogP contribution in [0, 0.1) is 0 Å². The van der Waals surface area contributed by atoms with Crippen molar-refractivity contribution in [3.63, 3.8) is 0 Å². The summed E-state index contributed by atoms with van der Waals surface area (Å²) in [6.07, 6.45) is 0. The second-order valence-corrected chi connectivity index (χ2v) is 6.22. The molecule has 0 unspecified atom stereocenters. The van der Waals surface area contributed by atoms with Crippen LogP contribution in [0.3, 0.4) is 0 Å². The van der Waals surface area contributed by atoms with Crippen LogP contribution in [0.2, 0.25) is 0 Å². The monoisotopic (exact) mass is 310 g/mol. The summed E-state index contributed by atoms with van der Waals surface area (Å²) < 4.78 is 23.7. The fourth-order valence-corrected chi connectivity index (χ4v) is 2.62. The summed E-state index contributed by atoms with van der Waals surface area (Å²) in [5, 5.41) is 22.6. The second kappa shape index (κ2) is 5.89. The van der Waals surface area contributed by atoms with Crippen molar-refractivity contribution in [1.29, 1.82) is 0 Å². The van der Waals surface area contributed by atoms with Crippen LogP contribution in [-0.2, 0) is 9.84 Å². The van der Waals surface area contributed by atoms with Gasteiger partial charge in [-0.15, -0.1) is 5.11 Å². The van der Waals surface area contributed by atoms with E-state index in [1.165, 1.54) is 18.2 Å². The van der Waals surface area contributed by atoms with Crippen molar-refractivity contribution in [3.8, 4) is 0 Å². The summed E-state index contributed by atoms with van der Waals surface area (Å²) in [6, 6.07) is 5.88. The Balaban J connectivity index is 2.31. The van der Waals surface area contributed by atoms with Gasteiger partial charge in [-0.2, -0.15) is 10.2 Å². The molecule has 0 aliphatic rings. The number of hydrogen-bond acceptors (Lipinski definition) is 8. The van der Waals surface area contributed by atoms with Crippen LogP contribution < -0.4 is 11.5 Å². The number of aromatic amines is 1. The number of nitrogens with two attached hydrogens (primary N) is 2. The molecule has 1 heterocycles. The molecule has 0 amide bonds. The third-order valence-corrected chi connectivity index (χ3v) is 4.29. The SMILES string of the molecule is Nc1n[nH]c(N)c1N=Nc1cccc(S(=O)(=O)CCO)c1. The highest BCUT2D eigenvalue weighted by Gasteiger charge is 2.14. The fraction of sp³-hybridized carbons (Fsp3) is 0.182. The van der Waals surface area contributed by atoms with Crippen molar-refractivity contribution in [2.24, 2.45) is 10.2 Å². The quantitative estimate of drug-likeness (QED) is 0.596. The first-order valence-electron chi connectivity index (χ1n) is 5.89. The molecule has 1 aromatic heterocycles. The van der Waals surface area contributed by atoms with Gasteiger partial charge in [0.05, 0.1) is 22.9 Å². The fourth-order valence-electron chi connectivity index (χ4n) is 1.55. The maximum Gasteiger partial charge on any atom is 0.180 e. The Kier molecular flexibility index (Phi) is 4.19. The molecule has 112 valence electrons. The van der Waals surface area contributed by atoms with Crippen molar-refractivity contribution < 1.29 is 13.5 Å². The lowest BCUT2D eigenvalue weighted by Crippen LogP contribution is -2.09. The zero-order valence-electron chi connectivity index (χ0n) is 10.9. The van der Waals surface area contributed by atoms with Crippen LogP contribution in [0.5, 0.6) is 0 Å². The highest BCUT2D eigenvalue weighted by molar-refractivity contribution is 7.91. The number of sulfone groups is 1. The van der Waals surface area contributed by atoms with E-state index in [0.29, 0.717) is 5.69 Å². The summed E-state index contributed by atoms with van der Waals surface area (Å²) in [5.41, 5.74) is 11.6. The summed E-state index contributed by atoms with van der Waals surface area (Å²) >= 11 is 0. The maximum absolute atomic E-state index is 11.8. The van der Waals surface area contributed by atoms with Crippen molar-refractivity contribution in [2.45, 2.75) is 4.90 Å². The zero-order chi connectivity index (χ0) is 15.5. The van der Waals surface area contributed by atoms with E-state index in [0.717, 1.165) is 0 Å². The minimum Gasteiger partial charge on any atom is -0.395 e. The first kappa shape index (κ1) is 14.9. The Morgan fingerprint density at radius 2 is 2.05 bits per heavy atom. The van der Waals surface area contributed by atoms with Gasteiger partial charge >= 0.3 is 0 Å². The smallest absolute Gasteiger partial charge is 0.180 e. The van der Waals surface area contributed by atoms with Gasteiger partial charge in [0.2, 0.25) is 0 Å². The molecule has 0 aliphatic carbocycles. The summed E-state index contributed by atoms with van der Waals surface area (Å²) in [7, 11) is -3.54. The molecule has 0 fully saturated rings. The first-order valence-corrected chi connectivity index (χ1v) is 7.54. The molecule has 0 saturated carbocycles. The van der Waals surface area contributed by atoms with E-state index in [9.17, 15) is 8.42 Å². The number of azo groups is 1. The number of nitrogen functional groups attached to an aromatic ring is 2. The predicted octanol–water partition coefficient (Wildman–Crippen LogP) is 0.755. The molecule has 1 aromatic carbocycles. The van der Waals surface area contributed by atoms with E-state index in [2.05, 4.69) is 20.4 Å². The average Bonchev–Trinajstić information content (AvgIpc) is 2.76. The van der Waals surface area contributed by atoms with E-state index in [4.69, 9.17) is 16.6 Å². The van der Waals surface area contributed by atoms with Gasteiger partial charge < -0.3 is 16.6 Å². The number of rotatable bonds is 5. The molecule has 0 aliphatic heterocycles. The van der Waals surface area contributed by atoms with Gasteiger partial charge in [0.25, 0.3) is 0 Å². The van der Waals surface area contributed by atoms with Gasteiger partial charge in [-0.3, -0.25) is 5.10 Å². The molecular weight excluding hydrogens is 296 g/mol. The number of nitrogens with one attached hydrogen (secondary N) is 1. The number of aliphatic hydroxyl groups excluding tert-OH is 1. The van der Waals surface area contributed by atoms with E-state index in [-0.39, 0.29) is 28.0 Å². The van der Waals surface area contributed by atoms with Crippen LogP contribution in [0.1, 0.15) is 0 Å². The van der Waals surface area contributed by atoms with E-state index < -0.39 is 16.4 Å². The number of aromatic nitrogens is 2. The van der Waals surface area contributed by atoms with Crippen molar-refractivity contribution in [2.75, 3.05) is 23.8 Å². The molecule has 0 atom stereocenters. The highest BCUT2D eigenvalue weighted by atomic mass is 32.2. The Bertz CT molecular complexity index is 749. The molecule has 21 heavy (non-hydrogen) atoms. The van der Waals surface area contributed by atoms with E-state index in [1.807, 2.05) is 0 Å². The number of hydrogen-bond donors (Lipinski definition) is 4. The molecule has 6 N–H and O–H groups in total. The lowest BCUT2D eigenvalue weighted by molar-refractivity contribution is 0.319. The van der Waals surface area contributed by atoms with Gasteiger partial charge in [-0.1, -0.05) is 6.07 Å². The van der Waals surface area contributed by atoms with Gasteiger partial charge in [-0.25, -0.2) is 8.42 Å². The topological polar surface area (TPSA) is 160 Å². The Hall–Kier alpha value is -2.46. The molecule has 0 bridgehead atoms. The van der Waals surface area contributed by atoms with Crippen LogP contribution in [-0.4, -0.2) is 36.1 Å². The average molecular weight is 310 g/mol. The number of nitrogens with zero attached hydrogens (tertiary/aromatic N) is 3. The predicted molar refractivity (Wildman–Crippen MR) is 77.2 cm³/mol. The van der Waals surface area contributed by atoms with E-state index >= 15 is 0 Å². The van der Waals surface area contributed by atoms with Crippen LogP contribution >= 0.6 is 0 Å². The molecule has 0 saturated heterocycles. The third kappa shape index (κ3) is 3.35. The minimum absolute atomic E-state index is 0.0566. The molecule has 10 heteroatoms. The number of benzene rings is 1. The number of aliphatic hydroxyl groups is 1. The second-order valence-electron chi connectivity index (χ2n) is 4.11. The third-order valence-electron chi connectivity index (χ3n) is 2.60. The zero-order valence-corrected chi connectivity index (χ0v) is 11.7. The minimum atomic E-state index is -3.54. The molecular formula is C11H14N6O3S. The van der Waals surface area contributed by atoms with Crippen molar-refractivity contribution in [1.82, 2.24) is 10.2 Å². The summed E-state index contributed by atoms with van der Waals surface area (Å²) in [4.78, 5) is 0.0566. The standard InChI is InChI=1S/C11H14N6O3S/c12-10-9(11(13)17-16-10)15-14-7-2-1-3-8(6-7)21(19,20)5-4-18/h1-3,6,18H,4-5H2,(H5,12,13,16,17). The van der Waals surface area contributed by atoms with Gasteiger partial charge in [0, 0.05) is 0 Å². The van der Waals surface area contributed by atoms with Gasteiger partial charge in [-0.05, 0) is 18.2 Å². The Labute approximate surface area is 120 Å². The molecule has 0 spiro atoms. The van der Waals surface area contributed by atoms with Gasteiger partial charge in [0.1, 0.15) is 5.82 Å². The molecule has 9 nitrogen and oxygen atoms in total. The van der Waals surface area contributed by atoms with Crippen LogP contribution in [0.4, 0.5) is 23.0 Å². The van der Waals surface area contributed by atoms with Gasteiger partial charge in [0.15, 0.2) is 21.3 Å².